The maximum Gasteiger partial charge on any atom is 0.262 e. The number of anilines is 4. The summed E-state index contributed by atoms with van der Waals surface area (Å²) in [4.78, 5) is 27.4. The molecule has 0 spiro atoms. The normalized spacial score (nSPS) is 13.4. The molecule has 1 aliphatic rings. The Labute approximate surface area is 252 Å². The fourth-order valence-corrected chi connectivity index (χ4v) is 5.06. The summed E-state index contributed by atoms with van der Waals surface area (Å²) in [6.45, 7) is 11.8. The van der Waals surface area contributed by atoms with Crippen molar-refractivity contribution in [1.29, 1.82) is 0 Å². The maximum atomic E-state index is 13.5. The van der Waals surface area contributed by atoms with Crippen LogP contribution in [0.4, 0.5) is 23.0 Å². The van der Waals surface area contributed by atoms with Gasteiger partial charge in [-0.2, -0.15) is 4.98 Å². The number of carbonyl (C=O) groups is 1. The summed E-state index contributed by atoms with van der Waals surface area (Å²) in [7, 11) is 0. The minimum absolute atomic E-state index is 0.111. The molecule has 2 heterocycles. The molecule has 1 amide bonds. The summed E-state index contributed by atoms with van der Waals surface area (Å²) in [6.07, 6.45) is 1.48. The molecular formula is C33H39N7O3. The van der Waals surface area contributed by atoms with Gasteiger partial charge >= 0.3 is 0 Å². The van der Waals surface area contributed by atoms with E-state index >= 15 is 0 Å². The highest BCUT2D eigenvalue weighted by atomic mass is 16.5. The van der Waals surface area contributed by atoms with Gasteiger partial charge < -0.3 is 30.7 Å². The molecule has 1 saturated heterocycles. The lowest BCUT2D eigenvalue weighted by Crippen LogP contribution is -2.47. The Hall–Kier alpha value is -4.67. The standard InChI is InChI=1S/C33H39N7O3/c1-4-42-28-10-5-6-11-29(28)43-32-27(31(41)37-30-23(2)8-7-9-24(30)3)22-35-33(38-32)36-25-12-14-26(15-13-25)40-20-18-39(17-16-34)19-21-40/h5-15,22H,4,16-21,34H2,1-3H3,(H,37,41)(H,35,36,38). The van der Waals surface area contributed by atoms with E-state index < -0.39 is 0 Å². The van der Waals surface area contributed by atoms with Crippen LogP contribution in [0.15, 0.2) is 72.9 Å². The van der Waals surface area contributed by atoms with Gasteiger partial charge in [0.05, 0.1) is 6.61 Å². The number of carbonyl (C=O) groups excluding carboxylic acids is 1. The second kappa shape index (κ2) is 14.0. The molecule has 0 saturated carbocycles. The average molecular weight is 582 g/mol. The van der Waals surface area contributed by atoms with Crippen LogP contribution in [0.5, 0.6) is 17.4 Å². The lowest BCUT2D eigenvalue weighted by molar-refractivity contribution is 0.102. The zero-order valence-electron chi connectivity index (χ0n) is 25.0. The number of ether oxygens (including phenoxy) is 2. The zero-order valence-corrected chi connectivity index (χ0v) is 25.0. The van der Waals surface area contributed by atoms with E-state index in [2.05, 4.69) is 42.5 Å². The number of amides is 1. The number of para-hydroxylation sites is 3. The van der Waals surface area contributed by atoms with Crippen molar-refractivity contribution in [2.75, 3.05) is 61.4 Å². The molecule has 0 radical (unpaired) electrons. The predicted octanol–water partition coefficient (Wildman–Crippen LogP) is 5.36. The van der Waals surface area contributed by atoms with Crippen molar-refractivity contribution in [2.45, 2.75) is 20.8 Å². The molecule has 3 aromatic carbocycles. The molecule has 1 aromatic heterocycles. The number of hydrogen-bond donors (Lipinski definition) is 3. The van der Waals surface area contributed by atoms with E-state index in [0.717, 1.165) is 60.9 Å². The SMILES string of the molecule is CCOc1ccccc1Oc1nc(Nc2ccc(N3CCN(CCN)CC3)cc2)ncc1C(=O)Nc1c(C)cccc1C. The number of piperazine rings is 1. The third-order valence-electron chi connectivity index (χ3n) is 7.38. The van der Waals surface area contributed by atoms with Gasteiger partial charge in [0.15, 0.2) is 11.5 Å². The molecule has 0 bridgehead atoms. The van der Waals surface area contributed by atoms with Gasteiger partial charge in [-0.25, -0.2) is 4.98 Å². The van der Waals surface area contributed by atoms with Gasteiger partial charge in [0.2, 0.25) is 11.8 Å². The Morgan fingerprint density at radius 2 is 1.63 bits per heavy atom. The third-order valence-corrected chi connectivity index (χ3v) is 7.38. The molecular weight excluding hydrogens is 542 g/mol. The molecule has 4 aromatic rings. The topological polar surface area (TPSA) is 118 Å². The monoisotopic (exact) mass is 581 g/mol. The highest BCUT2D eigenvalue weighted by Gasteiger charge is 2.21. The summed E-state index contributed by atoms with van der Waals surface area (Å²) in [5.74, 6) is 1.05. The van der Waals surface area contributed by atoms with E-state index in [4.69, 9.17) is 15.2 Å². The van der Waals surface area contributed by atoms with E-state index in [1.165, 1.54) is 6.20 Å². The predicted molar refractivity (Wildman–Crippen MR) is 171 cm³/mol. The van der Waals surface area contributed by atoms with Gasteiger partial charge in [-0.1, -0.05) is 30.3 Å². The Balaban J connectivity index is 1.38. The van der Waals surface area contributed by atoms with Gasteiger partial charge in [0.1, 0.15) is 5.56 Å². The third kappa shape index (κ3) is 7.40. The molecule has 5 rings (SSSR count). The maximum absolute atomic E-state index is 13.5. The van der Waals surface area contributed by atoms with Crippen LogP contribution in [0.25, 0.3) is 0 Å². The first-order valence-corrected chi connectivity index (χ1v) is 14.6. The Bertz CT molecular complexity index is 1520. The van der Waals surface area contributed by atoms with Crippen molar-refractivity contribution in [3.63, 3.8) is 0 Å². The van der Waals surface area contributed by atoms with E-state index in [1.54, 1.807) is 6.07 Å². The summed E-state index contributed by atoms with van der Waals surface area (Å²) >= 11 is 0. The lowest BCUT2D eigenvalue weighted by Gasteiger charge is -2.36. The largest absolute Gasteiger partial charge is 0.490 e. The quantitative estimate of drug-likeness (QED) is 0.215. The molecule has 0 aliphatic carbocycles. The van der Waals surface area contributed by atoms with Crippen molar-refractivity contribution in [3.05, 3.63) is 89.6 Å². The van der Waals surface area contributed by atoms with Crippen molar-refractivity contribution in [2.24, 2.45) is 5.73 Å². The number of rotatable bonds is 11. The van der Waals surface area contributed by atoms with E-state index in [1.807, 2.05) is 69.3 Å². The van der Waals surface area contributed by atoms with Crippen LogP contribution in [0, 0.1) is 13.8 Å². The number of nitrogens with two attached hydrogens (primary N) is 1. The van der Waals surface area contributed by atoms with Crippen LogP contribution >= 0.6 is 0 Å². The van der Waals surface area contributed by atoms with Gasteiger partial charge in [-0.15, -0.1) is 0 Å². The van der Waals surface area contributed by atoms with E-state index in [9.17, 15) is 4.79 Å². The summed E-state index contributed by atoms with van der Waals surface area (Å²) in [6, 6.07) is 21.3. The highest BCUT2D eigenvalue weighted by Crippen LogP contribution is 2.33. The first-order chi connectivity index (χ1) is 20.9. The van der Waals surface area contributed by atoms with Gasteiger partial charge in [-0.3, -0.25) is 9.69 Å². The average Bonchev–Trinajstić information content (AvgIpc) is 3.01. The number of nitrogens with one attached hydrogen (secondary N) is 2. The minimum Gasteiger partial charge on any atom is -0.490 e. The molecule has 1 fully saturated rings. The first-order valence-electron chi connectivity index (χ1n) is 14.6. The second-order valence-electron chi connectivity index (χ2n) is 10.4. The Kier molecular flexibility index (Phi) is 9.70. The molecule has 0 atom stereocenters. The highest BCUT2D eigenvalue weighted by molar-refractivity contribution is 6.06. The number of hydrogen-bond acceptors (Lipinski definition) is 9. The smallest absolute Gasteiger partial charge is 0.262 e. The van der Waals surface area contributed by atoms with Crippen LogP contribution in [-0.4, -0.2) is 66.7 Å². The zero-order chi connectivity index (χ0) is 30.2. The van der Waals surface area contributed by atoms with Crippen LogP contribution in [0.2, 0.25) is 0 Å². The molecule has 10 nitrogen and oxygen atoms in total. The fraction of sp³-hybridized carbons (Fsp3) is 0.303. The number of benzene rings is 3. The molecule has 1 aliphatic heterocycles. The van der Waals surface area contributed by atoms with Crippen LogP contribution in [0.1, 0.15) is 28.4 Å². The Morgan fingerprint density at radius 1 is 0.930 bits per heavy atom. The van der Waals surface area contributed by atoms with Crippen molar-refractivity contribution < 1.29 is 14.3 Å². The molecule has 10 heteroatoms. The first kappa shape index (κ1) is 29.8. The van der Waals surface area contributed by atoms with Crippen LogP contribution in [0.3, 0.4) is 0 Å². The van der Waals surface area contributed by atoms with Gasteiger partial charge in [0.25, 0.3) is 5.91 Å². The lowest BCUT2D eigenvalue weighted by atomic mass is 10.1. The molecule has 4 N–H and O–H groups in total. The fourth-order valence-electron chi connectivity index (χ4n) is 5.06. The summed E-state index contributed by atoms with van der Waals surface area (Å²) in [5.41, 5.74) is 10.5. The number of nitrogens with zero attached hydrogens (tertiary/aromatic N) is 4. The summed E-state index contributed by atoms with van der Waals surface area (Å²) in [5, 5.41) is 6.26. The molecule has 43 heavy (non-hydrogen) atoms. The number of aromatic nitrogens is 2. The van der Waals surface area contributed by atoms with E-state index in [0.29, 0.717) is 30.6 Å². The number of aryl methyl sites for hydroxylation is 2. The molecule has 224 valence electrons. The molecule has 0 unspecified atom stereocenters. The van der Waals surface area contributed by atoms with Crippen molar-refractivity contribution >= 4 is 28.9 Å². The minimum atomic E-state index is -0.372. The van der Waals surface area contributed by atoms with Crippen LogP contribution < -0.4 is 30.7 Å². The van der Waals surface area contributed by atoms with Crippen LogP contribution in [-0.2, 0) is 0 Å². The van der Waals surface area contributed by atoms with Gasteiger partial charge in [0, 0.05) is 62.5 Å². The van der Waals surface area contributed by atoms with Crippen molar-refractivity contribution in [1.82, 2.24) is 14.9 Å². The van der Waals surface area contributed by atoms with Crippen molar-refractivity contribution in [3.8, 4) is 17.4 Å². The summed E-state index contributed by atoms with van der Waals surface area (Å²) < 4.78 is 12.0. The van der Waals surface area contributed by atoms with Gasteiger partial charge in [-0.05, 0) is 68.3 Å². The second-order valence-corrected chi connectivity index (χ2v) is 10.4. The van der Waals surface area contributed by atoms with E-state index in [-0.39, 0.29) is 17.4 Å². The Morgan fingerprint density at radius 3 is 2.30 bits per heavy atom.